The standard InChI is InChI=1S/C21H19N5O2S/c1-12-10-18-24-25-21(26(18)17-7-5-4-6-15(12)17)29-9-8-19(27)23-20-16(11-22)13(2)14(3)28-20/h4-7,10H,8-9H2,1-3H3,(H,23,27). The highest BCUT2D eigenvalue weighted by Crippen LogP contribution is 2.27. The van der Waals surface area contributed by atoms with Gasteiger partial charge in [0, 0.05) is 23.1 Å². The molecule has 3 heterocycles. The molecule has 0 fully saturated rings. The second kappa shape index (κ2) is 7.60. The summed E-state index contributed by atoms with van der Waals surface area (Å²) in [6.07, 6.45) is 0.257. The van der Waals surface area contributed by atoms with Crippen molar-refractivity contribution in [2.45, 2.75) is 32.3 Å². The van der Waals surface area contributed by atoms with Crippen molar-refractivity contribution in [2.75, 3.05) is 11.1 Å². The van der Waals surface area contributed by atoms with Crippen molar-refractivity contribution in [2.24, 2.45) is 0 Å². The molecule has 0 aliphatic rings. The van der Waals surface area contributed by atoms with Crippen molar-refractivity contribution >= 4 is 40.1 Å². The van der Waals surface area contributed by atoms with Crippen LogP contribution in [0.1, 0.15) is 28.9 Å². The van der Waals surface area contributed by atoms with Gasteiger partial charge in [0.25, 0.3) is 0 Å². The lowest BCUT2D eigenvalue weighted by Crippen LogP contribution is -2.12. The number of nitriles is 1. The van der Waals surface area contributed by atoms with Gasteiger partial charge in [-0.05, 0) is 38.5 Å². The Kier molecular flexibility index (Phi) is 4.99. The van der Waals surface area contributed by atoms with Gasteiger partial charge in [-0.25, -0.2) is 0 Å². The fourth-order valence-electron chi connectivity index (χ4n) is 3.24. The molecule has 4 aromatic rings. The maximum atomic E-state index is 12.3. The number of nitrogens with one attached hydrogen (secondary N) is 1. The predicted octanol–water partition coefficient (Wildman–Crippen LogP) is 4.39. The summed E-state index contributed by atoms with van der Waals surface area (Å²) >= 11 is 1.47. The summed E-state index contributed by atoms with van der Waals surface area (Å²) in [4.78, 5) is 12.3. The van der Waals surface area contributed by atoms with Crippen molar-refractivity contribution in [1.29, 1.82) is 5.26 Å². The predicted molar refractivity (Wildman–Crippen MR) is 112 cm³/mol. The molecular weight excluding hydrogens is 386 g/mol. The number of fused-ring (bicyclic) bond motifs is 3. The fourth-order valence-corrected chi connectivity index (χ4v) is 4.13. The zero-order valence-corrected chi connectivity index (χ0v) is 17.1. The van der Waals surface area contributed by atoms with Gasteiger partial charge in [-0.3, -0.25) is 14.5 Å². The molecule has 0 bridgehead atoms. The molecule has 1 amide bonds. The van der Waals surface area contributed by atoms with Gasteiger partial charge in [-0.2, -0.15) is 5.26 Å². The van der Waals surface area contributed by atoms with Crippen molar-refractivity contribution < 1.29 is 9.21 Å². The number of nitrogens with zero attached hydrogens (tertiary/aromatic N) is 4. The zero-order valence-electron chi connectivity index (χ0n) is 16.3. The number of benzene rings is 1. The van der Waals surface area contributed by atoms with Gasteiger partial charge in [-0.1, -0.05) is 30.0 Å². The van der Waals surface area contributed by atoms with Crippen LogP contribution in [0.3, 0.4) is 0 Å². The van der Waals surface area contributed by atoms with E-state index in [0.717, 1.165) is 32.8 Å². The first-order valence-corrected chi connectivity index (χ1v) is 10.1. The van der Waals surface area contributed by atoms with Crippen molar-refractivity contribution in [3.63, 3.8) is 0 Å². The van der Waals surface area contributed by atoms with Crippen molar-refractivity contribution in [1.82, 2.24) is 14.6 Å². The van der Waals surface area contributed by atoms with Crippen LogP contribution in [0.5, 0.6) is 0 Å². The monoisotopic (exact) mass is 405 g/mol. The van der Waals surface area contributed by atoms with Crippen LogP contribution in [0.2, 0.25) is 0 Å². The van der Waals surface area contributed by atoms with Gasteiger partial charge in [0.15, 0.2) is 10.8 Å². The average molecular weight is 405 g/mol. The number of furan rings is 1. The van der Waals surface area contributed by atoms with E-state index < -0.39 is 0 Å². The number of hydrogen-bond acceptors (Lipinski definition) is 6. The molecule has 146 valence electrons. The minimum absolute atomic E-state index is 0.211. The van der Waals surface area contributed by atoms with E-state index in [0.29, 0.717) is 17.1 Å². The molecule has 0 radical (unpaired) electrons. The lowest BCUT2D eigenvalue weighted by Gasteiger charge is -2.07. The van der Waals surface area contributed by atoms with Crippen molar-refractivity contribution in [3.05, 3.63) is 52.8 Å². The largest absolute Gasteiger partial charge is 0.444 e. The van der Waals surface area contributed by atoms with Crippen LogP contribution in [0, 0.1) is 32.1 Å². The number of aromatic nitrogens is 3. The van der Waals surface area contributed by atoms with Crippen LogP contribution in [0.4, 0.5) is 5.88 Å². The van der Waals surface area contributed by atoms with Crippen molar-refractivity contribution in [3.8, 4) is 6.07 Å². The Bertz CT molecular complexity index is 1280. The molecule has 8 heteroatoms. The normalized spacial score (nSPS) is 11.1. The number of para-hydroxylation sites is 1. The molecule has 4 rings (SSSR count). The molecular formula is C21H19N5O2S. The molecule has 7 nitrogen and oxygen atoms in total. The van der Waals surface area contributed by atoms with E-state index in [1.807, 2.05) is 28.7 Å². The van der Waals surface area contributed by atoms with E-state index in [1.54, 1.807) is 13.8 Å². The van der Waals surface area contributed by atoms with E-state index >= 15 is 0 Å². The minimum Gasteiger partial charge on any atom is -0.444 e. The van der Waals surface area contributed by atoms with Crippen LogP contribution in [0.15, 0.2) is 39.9 Å². The number of pyridine rings is 1. The van der Waals surface area contributed by atoms with E-state index in [9.17, 15) is 10.1 Å². The highest BCUT2D eigenvalue weighted by Gasteiger charge is 2.17. The summed E-state index contributed by atoms with van der Waals surface area (Å²) in [5.41, 5.74) is 4.09. The first-order chi connectivity index (χ1) is 14.0. The van der Waals surface area contributed by atoms with E-state index in [-0.39, 0.29) is 18.2 Å². The Balaban J connectivity index is 1.48. The first kappa shape index (κ1) is 19.0. The van der Waals surface area contributed by atoms with Crippen LogP contribution in [0.25, 0.3) is 16.6 Å². The van der Waals surface area contributed by atoms with Gasteiger partial charge in [0.05, 0.1) is 5.52 Å². The van der Waals surface area contributed by atoms with Crippen LogP contribution < -0.4 is 5.32 Å². The SMILES string of the molecule is Cc1oc(NC(=O)CCSc2nnc3cc(C)c4ccccc4n23)c(C#N)c1C. The second-order valence-corrected chi connectivity index (χ2v) is 7.83. The third-order valence-corrected chi connectivity index (χ3v) is 5.81. The summed E-state index contributed by atoms with van der Waals surface area (Å²) in [7, 11) is 0. The Hall–Kier alpha value is -3.31. The molecule has 3 aromatic heterocycles. The molecule has 0 atom stereocenters. The minimum atomic E-state index is -0.211. The van der Waals surface area contributed by atoms with Crippen LogP contribution in [-0.4, -0.2) is 26.3 Å². The lowest BCUT2D eigenvalue weighted by molar-refractivity contribution is -0.115. The molecule has 1 aromatic carbocycles. The number of amides is 1. The molecule has 29 heavy (non-hydrogen) atoms. The van der Waals surface area contributed by atoms with E-state index in [2.05, 4.69) is 34.6 Å². The number of carbonyl (C=O) groups excluding carboxylic acids is 1. The van der Waals surface area contributed by atoms with Gasteiger partial charge in [-0.15, -0.1) is 10.2 Å². The molecule has 0 aliphatic carbocycles. The van der Waals surface area contributed by atoms with Gasteiger partial charge >= 0.3 is 0 Å². The number of anilines is 1. The topological polar surface area (TPSA) is 96.2 Å². The quantitative estimate of drug-likeness (QED) is 0.495. The number of carbonyl (C=O) groups is 1. The van der Waals surface area contributed by atoms with Gasteiger partial charge < -0.3 is 4.42 Å². The summed E-state index contributed by atoms with van der Waals surface area (Å²) in [6, 6.07) is 12.2. The van der Waals surface area contributed by atoms with E-state index in [1.165, 1.54) is 11.8 Å². The Morgan fingerprint density at radius 2 is 2.07 bits per heavy atom. The molecule has 1 N–H and O–H groups in total. The number of hydrogen-bond donors (Lipinski definition) is 1. The molecule has 0 saturated carbocycles. The molecule has 0 unspecified atom stereocenters. The third kappa shape index (κ3) is 3.45. The van der Waals surface area contributed by atoms with E-state index in [4.69, 9.17) is 4.42 Å². The Morgan fingerprint density at radius 3 is 2.86 bits per heavy atom. The maximum absolute atomic E-state index is 12.3. The summed E-state index contributed by atoms with van der Waals surface area (Å²) in [5, 5.41) is 22.4. The highest BCUT2D eigenvalue weighted by molar-refractivity contribution is 7.99. The summed E-state index contributed by atoms with van der Waals surface area (Å²) in [6.45, 7) is 5.62. The third-order valence-electron chi connectivity index (χ3n) is 4.88. The van der Waals surface area contributed by atoms with Gasteiger partial charge in [0.2, 0.25) is 11.8 Å². The molecule has 0 spiro atoms. The summed E-state index contributed by atoms with van der Waals surface area (Å²) in [5.74, 6) is 1.16. The number of aryl methyl sites for hydroxylation is 2. The summed E-state index contributed by atoms with van der Waals surface area (Å²) < 4.78 is 7.50. The smallest absolute Gasteiger partial charge is 0.227 e. The Morgan fingerprint density at radius 1 is 1.28 bits per heavy atom. The first-order valence-electron chi connectivity index (χ1n) is 9.16. The van der Waals surface area contributed by atoms with Crippen LogP contribution >= 0.6 is 11.8 Å². The number of thioether (sulfide) groups is 1. The Labute approximate surface area is 171 Å². The highest BCUT2D eigenvalue weighted by atomic mass is 32.2. The maximum Gasteiger partial charge on any atom is 0.227 e. The average Bonchev–Trinajstić information content (AvgIpc) is 3.22. The second-order valence-electron chi connectivity index (χ2n) is 6.77. The molecule has 0 saturated heterocycles. The lowest BCUT2D eigenvalue weighted by atomic mass is 10.1. The number of rotatable bonds is 5. The zero-order chi connectivity index (χ0) is 20.5. The molecule has 0 aliphatic heterocycles. The van der Waals surface area contributed by atoms with Gasteiger partial charge in [0.1, 0.15) is 17.4 Å². The fraction of sp³-hybridized carbons (Fsp3) is 0.238. The van der Waals surface area contributed by atoms with Crippen LogP contribution in [-0.2, 0) is 4.79 Å².